The molecular weight excluding hydrogens is 422 g/mol. The number of nitrogens with one attached hydrogen (secondary N) is 1. The molecular formula is C24H23N5O2S. The summed E-state index contributed by atoms with van der Waals surface area (Å²) in [5, 5.41) is 2.65. The molecule has 0 spiro atoms. The number of carbonyl (C=O) groups excluding carboxylic acids is 2. The van der Waals surface area contributed by atoms with E-state index < -0.39 is 6.04 Å². The summed E-state index contributed by atoms with van der Waals surface area (Å²) < 4.78 is 0. The van der Waals surface area contributed by atoms with E-state index in [0.717, 1.165) is 35.2 Å². The largest absolute Gasteiger partial charge is 0.340 e. The third kappa shape index (κ3) is 4.23. The maximum absolute atomic E-state index is 13.0. The number of rotatable bonds is 4. The molecule has 0 bridgehead atoms. The molecule has 4 heterocycles. The first kappa shape index (κ1) is 20.6. The van der Waals surface area contributed by atoms with Crippen LogP contribution < -0.4 is 5.32 Å². The second-order valence-electron chi connectivity index (χ2n) is 8.01. The van der Waals surface area contributed by atoms with Crippen molar-refractivity contribution in [3.8, 4) is 22.5 Å². The van der Waals surface area contributed by atoms with E-state index >= 15 is 0 Å². The molecule has 2 aromatic heterocycles. The molecule has 1 aromatic carbocycles. The zero-order valence-corrected chi connectivity index (χ0v) is 18.3. The number of hydrogen-bond acceptors (Lipinski definition) is 6. The monoisotopic (exact) mass is 445 g/mol. The third-order valence-electron chi connectivity index (χ3n) is 5.93. The lowest BCUT2D eigenvalue weighted by atomic mass is 9.89. The van der Waals surface area contributed by atoms with Gasteiger partial charge in [0.2, 0.25) is 5.91 Å². The normalized spacial score (nSPS) is 20.8. The molecule has 2 fully saturated rings. The summed E-state index contributed by atoms with van der Waals surface area (Å²) in [4.78, 5) is 40.2. The SMILES string of the molecule is O=C1N[C@H](C(=O)N2CCC[C@@H](c3nc(-c4ccncc4)ncc3-c3ccccc3)C2)CS1. The number of benzene rings is 1. The second-order valence-corrected chi connectivity index (χ2v) is 9.01. The van der Waals surface area contributed by atoms with Gasteiger partial charge in [0.05, 0.1) is 5.69 Å². The van der Waals surface area contributed by atoms with E-state index in [4.69, 9.17) is 4.98 Å². The van der Waals surface area contributed by atoms with E-state index in [-0.39, 0.29) is 17.1 Å². The Labute approximate surface area is 190 Å². The molecule has 3 aromatic rings. The summed E-state index contributed by atoms with van der Waals surface area (Å²) >= 11 is 1.17. The van der Waals surface area contributed by atoms with Gasteiger partial charge in [0.25, 0.3) is 5.24 Å². The first-order valence-corrected chi connectivity index (χ1v) is 11.7. The average molecular weight is 446 g/mol. The van der Waals surface area contributed by atoms with E-state index in [1.54, 1.807) is 12.4 Å². The van der Waals surface area contributed by atoms with Crippen LogP contribution in [0.5, 0.6) is 0 Å². The summed E-state index contributed by atoms with van der Waals surface area (Å²) in [7, 11) is 0. The van der Waals surface area contributed by atoms with Crippen LogP contribution in [0.3, 0.4) is 0 Å². The minimum Gasteiger partial charge on any atom is -0.340 e. The predicted octanol–water partition coefficient (Wildman–Crippen LogP) is 3.74. The fourth-order valence-corrected chi connectivity index (χ4v) is 5.09. The van der Waals surface area contributed by atoms with Gasteiger partial charge in [-0.25, -0.2) is 9.97 Å². The highest BCUT2D eigenvalue weighted by Gasteiger charge is 2.35. The van der Waals surface area contributed by atoms with E-state index in [9.17, 15) is 9.59 Å². The van der Waals surface area contributed by atoms with Gasteiger partial charge in [-0.1, -0.05) is 42.1 Å². The molecule has 0 unspecified atom stereocenters. The van der Waals surface area contributed by atoms with Crippen molar-refractivity contribution < 1.29 is 9.59 Å². The Morgan fingerprint density at radius 2 is 1.91 bits per heavy atom. The number of pyridine rings is 1. The van der Waals surface area contributed by atoms with Crippen molar-refractivity contribution in [2.45, 2.75) is 24.8 Å². The molecule has 2 atom stereocenters. The Kier molecular flexibility index (Phi) is 5.85. The fourth-order valence-electron chi connectivity index (χ4n) is 4.32. The van der Waals surface area contributed by atoms with Gasteiger partial charge >= 0.3 is 0 Å². The minimum atomic E-state index is -0.433. The number of aromatic nitrogens is 3. The zero-order chi connectivity index (χ0) is 21.9. The molecule has 2 aliphatic rings. The van der Waals surface area contributed by atoms with Crippen LogP contribution in [0.1, 0.15) is 24.5 Å². The molecule has 0 aliphatic carbocycles. The molecule has 8 heteroatoms. The molecule has 162 valence electrons. The Bertz CT molecular complexity index is 1130. The van der Waals surface area contributed by atoms with Crippen LogP contribution in [-0.4, -0.2) is 55.9 Å². The van der Waals surface area contributed by atoms with Crippen LogP contribution >= 0.6 is 11.8 Å². The highest BCUT2D eigenvalue weighted by Crippen LogP contribution is 2.34. The standard InChI is InChI=1S/C24H23N5O2S/c30-23(20-15-32-24(31)27-20)29-12-4-7-18(14-29)21-19(16-5-2-1-3-6-16)13-26-22(28-21)17-8-10-25-11-9-17/h1-3,5-6,8-11,13,18,20H,4,7,12,14-15H2,(H,27,31)/t18-,20+/m1/s1. The van der Waals surface area contributed by atoms with Gasteiger partial charge in [-0.2, -0.15) is 0 Å². The van der Waals surface area contributed by atoms with Gasteiger partial charge in [0.15, 0.2) is 5.82 Å². The summed E-state index contributed by atoms with van der Waals surface area (Å²) in [6.45, 7) is 1.29. The fraction of sp³-hybridized carbons (Fsp3) is 0.292. The van der Waals surface area contributed by atoms with E-state index in [1.807, 2.05) is 41.4 Å². The van der Waals surface area contributed by atoms with Crippen LogP contribution in [0, 0.1) is 0 Å². The van der Waals surface area contributed by atoms with Crippen LogP contribution in [0.15, 0.2) is 61.1 Å². The number of nitrogens with zero attached hydrogens (tertiary/aromatic N) is 4. The zero-order valence-electron chi connectivity index (χ0n) is 17.5. The lowest BCUT2D eigenvalue weighted by Gasteiger charge is -2.34. The molecule has 0 radical (unpaired) electrons. The number of thioether (sulfide) groups is 1. The Hall–Kier alpha value is -3.26. The van der Waals surface area contributed by atoms with Crippen LogP contribution in [-0.2, 0) is 4.79 Å². The van der Waals surface area contributed by atoms with E-state index in [1.165, 1.54) is 11.8 Å². The van der Waals surface area contributed by atoms with Crippen molar-refractivity contribution >= 4 is 22.9 Å². The molecule has 1 N–H and O–H groups in total. The van der Waals surface area contributed by atoms with E-state index in [0.29, 0.717) is 24.7 Å². The third-order valence-corrected chi connectivity index (χ3v) is 6.81. The molecule has 0 saturated carbocycles. The summed E-state index contributed by atoms with van der Waals surface area (Å²) in [5.74, 6) is 1.24. The minimum absolute atomic E-state index is 0.00211. The van der Waals surface area contributed by atoms with Crippen molar-refractivity contribution in [3.05, 3.63) is 66.7 Å². The lowest BCUT2D eigenvalue weighted by molar-refractivity contribution is -0.133. The molecule has 5 rings (SSSR count). The number of carbonyl (C=O) groups is 2. The van der Waals surface area contributed by atoms with Gasteiger partial charge < -0.3 is 10.2 Å². The smallest absolute Gasteiger partial charge is 0.279 e. The molecule has 2 aliphatic heterocycles. The summed E-state index contributed by atoms with van der Waals surface area (Å²) in [6.07, 6.45) is 7.20. The van der Waals surface area contributed by atoms with Gasteiger partial charge in [-0.3, -0.25) is 14.6 Å². The molecule has 7 nitrogen and oxygen atoms in total. The molecule has 2 saturated heterocycles. The van der Waals surface area contributed by atoms with Gasteiger partial charge in [-0.15, -0.1) is 0 Å². The van der Waals surface area contributed by atoms with Crippen LogP contribution in [0.25, 0.3) is 22.5 Å². The Balaban J connectivity index is 1.48. The van der Waals surface area contributed by atoms with Crippen LogP contribution in [0.4, 0.5) is 4.79 Å². The maximum Gasteiger partial charge on any atom is 0.279 e. The topological polar surface area (TPSA) is 88.1 Å². The molecule has 32 heavy (non-hydrogen) atoms. The number of likely N-dealkylation sites (tertiary alicyclic amines) is 1. The molecule has 2 amide bonds. The first-order chi connectivity index (χ1) is 15.7. The Morgan fingerprint density at radius 3 is 2.66 bits per heavy atom. The quantitative estimate of drug-likeness (QED) is 0.658. The summed E-state index contributed by atoms with van der Waals surface area (Å²) in [6, 6.07) is 13.5. The highest BCUT2D eigenvalue weighted by molar-refractivity contribution is 8.14. The van der Waals surface area contributed by atoms with Gasteiger partial charge in [-0.05, 0) is 30.5 Å². The second kappa shape index (κ2) is 9.08. The van der Waals surface area contributed by atoms with Gasteiger partial charge in [0, 0.05) is 54.5 Å². The predicted molar refractivity (Wildman–Crippen MR) is 124 cm³/mol. The van der Waals surface area contributed by atoms with Crippen molar-refractivity contribution in [1.29, 1.82) is 0 Å². The van der Waals surface area contributed by atoms with Gasteiger partial charge in [0.1, 0.15) is 6.04 Å². The van der Waals surface area contributed by atoms with E-state index in [2.05, 4.69) is 27.4 Å². The number of piperidine rings is 1. The lowest BCUT2D eigenvalue weighted by Crippen LogP contribution is -2.49. The van der Waals surface area contributed by atoms with Crippen molar-refractivity contribution in [2.24, 2.45) is 0 Å². The van der Waals surface area contributed by atoms with Crippen molar-refractivity contribution in [3.63, 3.8) is 0 Å². The Morgan fingerprint density at radius 1 is 1.09 bits per heavy atom. The van der Waals surface area contributed by atoms with Crippen molar-refractivity contribution in [1.82, 2.24) is 25.2 Å². The maximum atomic E-state index is 13.0. The number of hydrogen-bond donors (Lipinski definition) is 1. The average Bonchev–Trinajstić information content (AvgIpc) is 3.30. The van der Waals surface area contributed by atoms with Crippen molar-refractivity contribution in [2.75, 3.05) is 18.8 Å². The van der Waals surface area contributed by atoms with Crippen LogP contribution in [0.2, 0.25) is 0 Å². The number of amides is 2. The first-order valence-electron chi connectivity index (χ1n) is 10.7. The highest BCUT2D eigenvalue weighted by atomic mass is 32.2. The summed E-state index contributed by atoms with van der Waals surface area (Å²) in [5.41, 5.74) is 3.93.